The first-order chi connectivity index (χ1) is 15.5. The number of halogens is 1. The number of hydrogen-bond acceptors (Lipinski definition) is 5. The number of amides is 1. The fourth-order valence-corrected chi connectivity index (χ4v) is 4.01. The number of piperazine rings is 1. The molecule has 2 heterocycles. The number of carbonyl (C=O) groups excluding carboxylic acids is 1. The van der Waals surface area contributed by atoms with Crippen LogP contribution < -0.4 is 9.47 Å². The van der Waals surface area contributed by atoms with Crippen LogP contribution in [0.3, 0.4) is 0 Å². The Labute approximate surface area is 193 Å². The van der Waals surface area contributed by atoms with Crippen LogP contribution in [0.4, 0.5) is 0 Å². The van der Waals surface area contributed by atoms with Crippen molar-refractivity contribution in [2.45, 2.75) is 6.92 Å². The van der Waals surface area contributed by atoms with Crippen LogP contribution in [0.25, 0.3) is 16.9 Å². The van der Waals surface area contributed by atoms with Gasteiger partial charge in [0.05, 0.1) is 25.6 Å². The first-order valence-electron chi connectivity index (χ1n) is 10.6. The van der Waals surface area contributed by atoms with Crippen LogP contribution in [0.1, 0.15) is 17.4 Å². The standard InChI is InChI=1S/C24H27ClN4O3/c1-4-27-11-13-28(14-12-27)24(30)22-16-21(20-10-9-19(31-2)15-23(20)32-3)26-29(22)18-7-5-17(25)6-8-18/h5-10,15-16H,4,11-14H2,1-3H3. The summed E-state index contributed by atoms with van der Waals surface area (Å²) in [6.07, 6.45) is 0. The van der Waals surface area contributed by atoms with E-state index in [4.69, 9.17) is 26.2 Å². The topological polar surface area (TPSA) is 59.8 Å². The van der Waals surface area contributed by atoms with E-state index in [1.165, 1.54) is 0 Å². The predicted molar refractivity (Wildman–Crippen MR) is 125 cm³/mol. The van der Waals surface area contributed by atoms with Gasteiger partial charge in [0, 0.05) is 42.8 Å². The van der Waals surface area contributed by atoms with Crippen molar-refractivity contribution in [2.24, 2.45) is 0 Å². The molecule has 1 saturated heterocycles. The van der Waals surface area contributed by atoms with E-state index in [-0.39, 0.29) is 5.91 Å². The van der Waals surface area contributed by atoms with E-state index in [0.29, 0.717) is 41.0 Å². The third-order valence-electron chi connectivity index (χ3n) is 5.79. The van der Waals surface area contributed by atoms with Crippen LogP contribution in [0.2, 0.25) is 5.02 Å². The third-order valence-corrected chi connectivity index (χ3v) is 6.04. The zero-order valence-corrected chi connectivity index (χ0v) is 19.3. The Kier molecular flexibility index (Phi) is 6.67. The van der Waals surface area contributed by atoms with Gasteiger partial charge in [0.2, 0.25) is 0 Å². The van der Waals surface area contributed by atoms with Gasteiger partial charge in [-0.05, 0) is 49.0 Å². The molecule has 0 radical (unpaired) electrons. The zero-order chi connectivity index (χ0) is 22.7. The molecule has 1 aliphatic heterocycles. The molecule has 0 unspecified atom stereocenters. The van der Waals surface area contributed by atoms with Crippen molar-refractivity contribution < 1.29 is 14.3 Å². The van der Waals surface area contributed by atoms with E-state index >= 15 is 0 Å². The molecule has 0 bridgehead atoms. The Hall–Kier alpha value is -3.03. The summed E-state index contributed by atoms with van der Waals surface area (Å²) in [5.41, 5.74) is 2.70. The molecule has 8 heteroatoms. The van der Waals surface area contributed by atoms with Crippen LogP contribution in [0.15, 0.2) is 48.5 Å². The van der Waals surface area contributed by atoms with Crippen molar-refractivity contribution in [3.8, 4) is 28.4 Å². The van der Waals surface area contributed by atoms with Gasteiger partial charge in [0.15, 0.2) is 0 Å². The van der Waals surface area contributed by atoms with Crippen molar-refractivity contribution in [1.29, 1.82) is 0 Å². The van der Waals surface area contributed by atoms with Gasteiger partial charge < -0.3 is 19.3 Å². The van der Waals surface area contributed by atoms with Crippen LogP contribution in [-0.4, -0.2) is 72.4 Å². The molecule has 7 nitrogen and oxygen atoms in total. The molecule has 0 N–H and O–H groups in total. The molecule has 3 aromatic rings. The summed E-state index contributed by atoms with van der Waals surface area (Å²) in [6.45, 7) is 6.26. The zero-order valence-electron chi connectivity index (χ0n) is 18.5. The molecule has 0 atom stereocenters. The predicted octanol–water partition coefficient (Wildman–Crippen LogP) is 3.99. The van der Waals surface area contributed by atoms with Gasteiger partial charge in [0.1, 0.15) is 17.2 Å². The number of carbonyl (C=O) groups is 1. The Morgan fingerprint density at radius 2 is 1.72 bits per heavy atom. The molecule has 0 spiro atoms. The highest BCUT2D eigenvalue weighted by molar-refractivity contribution is 6.30. The Balaban J connectivity index is 1.76. The van der Waals surface area contributed by atoms with Crippen molar-refractivity contribution in [3.05, 3.63) is 59.2 Å². The molecule has 1 aromatic heterocycles. The van der Waals surface area contributed by atoms with E-state index in [1.807, 2.05) is 41.3 Å². The van der Waals surface area contributed by atoms with Gasteiger partial charge in [-0.2, -0.15) is 5.10 Å². The number of ether oxygens (including phenoxy) is 2. The first-order valence-corrected chi connectivity index (χ1v) is 11.0. The lowest BCUT2D eigenvalue weighted by atomic mass is 10.1. The normalized spacial score (nSPS) is 14.4. The fraction of sp³-hybridized carbons (Fsp3) is 0.333. The van der Waals surface area contributed by atoms with Crippen LogP contribution >= 0.6 is 11.6 Å². The minimum Gasteiger partial charge on any atom is -0.497 e. The monoisotopic (exact) mass is 454 g/mol. The summed E-state index contributed by atoms with van der Waals surface area (Å²) in [5.74, 6) is 1.27. The smallest absolute Gasteiger partial charge is 0.272 e. The Morgan fingerprint density at radius 1 is 1.00 bits per heavy atom. The highest BCUT2D eigenvalue weighted by Crippen LogP contribution is 2.34. The van der Waals surface area contributed by atoms with Crippen molar-refractivity contribution >= 4 is 17.5 Å². The highest BCUT2D eigenvalue weighted by atomic mass is 35.5. The van der Waals surface area contributed by atoms with E-state index in [0.717, 1.165) is 30.9 Å². The average Bonchev–Trinajstić information content (AvgIpc) is 3.28. The van der Waals surface area contributed by atoms with Gasteiger partial charge in [0.25, 0.3) is 5.91 Å². The second-order valence-electron chi connectivity index (χ2n) is 7.60. The molecular weight excluding hydrogens is 428 g/mol. The van der Waals surface area contributed by atoms with Gasteiger partial charge in [-0.15, -0.1) is 0 Å². The average molecular weight is 455 g/mol. The summed E-state index contributed by atoms with van der Waals surface area (Å²) in [5, 5.41) is 5.41. The van der Waals surface area contributed by atoms with Crippen molar-refractivity contribution in [3.63, 3.8) is 0 Å². The molecule has 32 heavy (non-hydrogen) atoms. The van der Waals surface area contributed by atoms with Crippen LogP contribution in [0, 0.1) is 0 Å². The highest BCUT2D eigenvalue weighted by Gasteiger charge is 2.26. The SMILES string of the molecule is CCN1CCN(C(=O)c2cc(-c3ccc(OC)cc3OC)nn2-c2ccc(Cl)cc2)CC1. The quantitative estimate of drug-likeness (QED) is 0.563. The Morgan fingerprint density at radius 3 is 2.34 bits per heavy atom. The van der Waals surface area contributed by atoms with Crippen LogP contribution in [-0.2, 0) is 0 Å². The minimum absolute atomic E-state index is 0.0399. The van der Waals surface area contributed by atoms with E-state index in [9.17, 15) is 4.79 Å². The Bertz CT molecular complexity index is 1090. The molecule has 2 aromatic carbocycles. The van der Waals surface area contributed by atoms with E-state index < -0.39 is 0 Å². The van der Waals surface area contributed by atoms with Crippen molar-refractivity contribution in [2.75, 3.05) is 46.9 Å². The maximum atomic E-state index is 13.5. The summed E-state index contributed by atoms with van der Waals surface area (Å²) in [7, 11) is 3.21. The summed E-state index contributed by atoms with van der Waals surface area (Å²) >= 11 is 6.08. The molecule has 4 rings (SSSR count). The summed E-state index contributed by atoms with van der Waals surface area (Å²) < 4.78 is 12.6. The summed E-state index contributed by atoms with van der Waals surface area (Å²) in [6, 6.07) is 14.7. The minimum atomic E-state index is -0.0399. The fourth-order valence-electron chi connectivity index (χ4n) is 3.88. The molecule has 1 fully saturated rings. The summed E-state index contributed by atoms with van der Waals surface area (Å²) in [4.78, 5) is 17.8. The number of hydrogen-bond donors (Lipinski definition) is 0. The lowest BCUT2D eigenvalue weighted by molar-refractivity contribution is 0.0634. The van der Waals surface area contributed by atoms with Gasteiger partial charge in [-0.25, -0.2) is 4.68 Å². The second-order valence-corrected chi connectivity index (χ2v) is 8.03. The van der Waals surface area contributed by atoms with Gasteiger partial charge >= 0.3 is 0 Å². The number of aromatic nitrogens is 2. The third kappa shape index (κ3) is 4.45. The lowest BCUT2D eigenvalue weighted by Crippen LogP contribution is -2.48. The van der Waals surface area contributed by atoms with Gasteiger partial charge in [-0.3, -0.25) is 4.79 Å². The maximum Gasteiger partial charge on any atom is 0.272 e. The number of benzene rings is 2. The molecule has 0 aliphatic carbocycles. The molecular formula is C24H27ClN4O3. The number of rotatable bonds is 6. The van der Waals surface area contributed by atoms with E-state index in [1.54, 1.807) is 31.0 Å². The van der Waals surface area contributed by atoms with Crippen molar-refractivity contribution in [1.82, 2.24) is 19.6 Å². The molecule has 1 amide bonds. The molecule has 168 valence electrons. The second kappa shape index (κ2) is 9.63. The number of likely N-dealkylation sites (N-methyl/N-ethyl adjacent to an activating group) is 1. The lowest BCUT2D eigenvalue weighted by Gasteiger charge is -2.34. The number of methoxy groups -OCH3 is 2. The molecule has 1 aliphatic rings. The maximum absolute atomic E-state index is 13.5. The van der Waals surface area contributed by atoms with E-state index in [2.05, 4.69) is 11.8 Å². The molecule has 0 saturated carbocycles. The van der Waals surface area contributed by atoms with Gasteiger partial charge in [-0.1, -0.05) is 18.5 Å². The number of nitrogens with zero attached hydrogens (tertiary/aromatic N) is 4. The largest absolute Gasteiger partial charge is 0.497 e. The first kappa shape index (κ1) is 22.2. The van der Waals surface area contributed by atoms with Crippen LogP contribution in [0.5, 0.6) is 11.5 Å².